The fourth-order valence-electron chi connectivity index (χ4n) is 1.22. The summed E-state index contributed by atoms with van der Waals surface area (Å²) < 4.78 is 40.5. The molecule has 1 aromatic heterocycles. The molecule has 0 bridgehead atoms. The van der Waals surface area contributed by atoms with Crippen molar-refractivity contribution in [1.82, 2.24) is 4.98 Å². The van der Waals surface area contributed by atoms with Crippen molar-refractivity contribution >= 4 is 11.5 Å². The van der Waals surface area contributed by atoms with Gasteiger partial charge in [-0.15, -0.1) is 0 Å². The van der Waals surface area contributed by atoms with Crippen molar-refractivity contribution in [2.75, 3.05) is 24.7 Å². The smallest absolute Gasteiger partial charge is 0.389 e. The lowest BCUT2D eigenvalue weighted by Gasteiger charge is -2.09. The second-order valence-corrected chi connectivity index (χ2v) is 3.44. The van der Waals surface area contributed by atoms with E-state index in [0.717, 1.165) is 0 Å². The third-order valence-electron chi connectivity index (χ3n) is 2.03. The number of nitrogens with one attached hydrogen (secondary N) is 1. The summed E-state index contributed by atoms with van der Waals surface area (Å²) in [6.45, 7) is 0.194. The number of anilines is 2. The van der Waals surface area contributed by atoms with Crippen LogP contribution in [0.1, 0.15) is 12.8 Å². The maximum atomic E-state index is 11.9. The molecule has 0 aromatic carbocycles. The molecule has 7 heteroatoms. The first kappa shape index (κ1) is 13.4. The fourth-order valence-corrected chi connectivity index (χ4v) is 1.22. The topological polar surface area (TPSA) is 60.2 Å². The van der Waals surface area contributed by atoms with Gasteiger partial charge in [0.05, 0.1) is 12.8 Å². The number of rotatable bonds is 5. The minimum Gasteiger partial charge on any atom is -0.479 e. The first-order chi connectivity index (χ1) is 7.92. The lowest BCUT2D eigenvalue weighted by molar-refractivity contribution is -0.134. The predicted molar refractivity (Wildman–Crippen MR) is 59.0 cm³/mol. The number of nitrogens with zero attached hydrogens (tertiary/aromatic N) is 1. The Balaban J connectivity index is 2.42. The van der Waals surface area contributed by atoms with Gasteiger partial charge in [0.25, 0.3) is 0 Å². The summed E-state index contributed by atoms with van der Waals surface area (Å²) >= 11 is 0. The van der Waals surface area contributed by atoms with Crippen molar-refractivity contribution in [1.29, 1.82) is 0 Å². The lowest BCUT2D eigenvalue weighted by Crippen LogP contribution is -2.11. The minimum atomic E-state index is -4.12. The molecule has 0 atom stereocenters. The van der Waals surface area contributed by atoms with Crippen LogP contribution in [0.3, 0.4) is 0 Å². The van der Waals surface area contributed by atoms with E-state index in [9.17, 15) is 13.2 Å². The lowest BCUT2D eigenvalue weighted by atomic mass is 10.3. The van der Waals surface area contributed by atoms with Gasteiger partial charge in [-0.3, -0.25) is 0 Å². The van der Waals surface area contributed by atoms with Crippen LogP contribution in [0.15, 0.2) is 12.1 Å². The third kappa shape index (κ3) is 4.80. The Morgan fingerprint density at radius 3 is 2.71 bits per heavy atom. The first-order valence-corrected chi connectivity index (χ1v) is 5.03. The van der Waals surface area contributed by atoms with Crippen molar-refractivity contribution in [2.45, 2.75) is 19.0 Å². The zero-order valence-electron chi connectivity index (χ0n) is 9.34. The summed E-state index contributed by atoms with van der Waals surface area (Å²) in [5, 5.41) is 2.77. The van der Waals surface area contributed by atoms with Gasteiger partial charge in [0, 0.05) is 13.0 Å². The van der Waals surface area contributed by atoms with Crippen LogP contribution in [-0.4, -0.2) is 24.8 Å². The van der Waals surface area contributed by atoms with Crippen LogP contribution >= 0.6 is 0 Å². The molecule has 0 amide bonds. The molecule has 3 N–H and O–H groups in total. The summed E-state index contributed by atoms with van der Waals surface area (Å²) in [7, 11) is 1.42. The molecule has 0 aliphatic carbocycles. The van der Waals surface area contributed by atoms with Crippen LogP contribution < -0.4 is 15.8 Å². The molecule has 0 saturated carbocycles. The van der Waals surface area contributed by atoms with E-state index < -0.39 is 12.6 Å². The van der Waals surface area contributed by atoms with Gasteiger partial charge in [0.15, 0.2) is 0 Å². The number of nitrogen functional groups attached to an aromatic ring is 1. The molecular formula is C10H14F3N3O. The number of hydrogen-bond donors (Lipinski definition) is 2. The number of aromatic nitrogens is 1. The summed E-state index contributed by atoms with van der Waals surface area (Å²) in [5.74, 6) is 0.698. The Morgan fingerprint density at radius 2 is 2.12 bits per heavy atom. The second-order valence-electron chi connectivity index (χ2n) is 3.44. The van der Waals surface area contributed by atoms with Gasteiger partial charge >= 0.3 is 6.18 Å². The molecule has 1 heterocycles. The highest BCUT2D eigenvalue weighted by Crippen LogP contribution is 2.22. The Bertz CT molecular complexity index is 368. The highest BCUT2D eigenvalue weighted by atomic mass is 19.4. The number of alkyl halides is 3. The molecule has 0 saturated heterocycles. The molecule has 0 unspecified atom stereocenters. The summed E-state index contributed by atoms with van der Waals surface area (Å²) in [4.78, 5) is 3.99. The second kappa shape index (κ2) is 5.60. The van der Waals surface area contributed by atoms with E-state index in [-0.39, 0.29) is 18.8 Å². The fraction of sp³-hybridized carbons (Fsp3) is 0.500. The highest BCUT2D eigenvalue weighted by molar-refractivity contribution is 5.53. The van der Waals surface area contributed by atoms with Crippen LogP contribution in [0, 0.1) is 0 Å². The zero-order chi connectivity index (χ0) is 12.9. The van der Waals surface area contributed by atoms with E-state index >= 15 is 0 Å². The molecule has 0 spiro atoms. The molecule has 4 nitrogen and oxygen atoms in total. The quantitative estimate of drug-likeness (QED) is 0.787. The molecule has 96 valence electrons. The number of nitrogens with two attached hydrogens (primary N) is 1. The van der Waals surface area contributed by atoms with E-state index in [4.69, 9.17) is 10.5 Å². The van der Waals surface area contributed by atoms with E-state index in [1.54, 1.807) is 12.1 Å². The van der Waals surface area contributed by atoms with E-state index in [0.29, 0.717) is 11.5 Å². The van der Waals surface area contributed by atoms with Crippen LogP contribution in [-0.2, 0) is 0 Å². The third-order valence-corrected chi connectivity index (χ3v) is 2.03. The van der Waals surface area contributed by atoms with Crippen molar-refractivity contribution in [2.24, 2.45) is 0 Å². The van der Waals surface area contributed by atoms with Crippen molar-refractivity contribution in [3.8, 4) is 5.88 Å². The van der Waals surface area contributed by atoms with Gasteiger partial charge in [-0.05, 0) is 18.6 Å². The van der Waals surface area contributed by atoms with Crippen LogP contribution in [0.5, 0.6) is 5.88 Å². The van der Waals surface area contributed by atoms with Crippen LogP contribution in [0.2, 0.25) is 0 Å². The normalized spacial score (nSPS) is 11.3. The number of halogens is 3. The largest absolute Gasteiger partial charge is 0.479 e. The Kier molecular flexibility index (Phi) is 4.42. The summed E-state index contributed by atoms with van der Waals surface area (Å²) in [6, 6.07) is 3.17. The maximum absolute atomic E-state index is 11.9. The van der Waals surface area contributed by atoms with E-state index in [1.807, 2.05) is 0 Å². The van der Waals surface area contributed by atoms with Crippen molar-refractivity contribution in [3.05, 3.63) is 12.1 Å². The Morgan fingerprint density at radius 1 is 1.41 bits per heavy atom. The van der Waals surface area contributed by atoms with Gasteiger partial charge in [-0.1, -0.05) is 0 Å². The van der Waals surface area contributed by atoms with Crippen molar-refractivity contribution < 1.29 is 17.9 Å². The predicted octanol–water partition coefficient (Wildman–Crippen LogP) is 2.43. The van der Waals surface area contributed by atoms with Gasteiger partial charge < -0.3 is 15.8 Å². The number of pyridine rings is 1. The SMILES string of the molecule is COc1nc(NCCCC(F)(F)F)ccc1N. The number of ether oxygens (including phenoxy) is 1. The minimum absolute atomic E-state index is 0.00211. The number of hydrogen-bond acceptors (Lipinski definition) is 4. The van der Waals surface area contributed by atoms with Crippen LogP contribution in [0.4, 0.5) is 24.7 Å². The van der Waals surface area contributed by atoms with Crippen molar-refractivity contribution in [3.63, 3.8) is 0 Å². The monoisotopic (exact) mass is 249 g/mol. The van der Waals surface area contributed by atoms with Gasteiger partial charge in [0.2, 0.25) is 5.88 Å². The van der Waals surface area contributed by atoms with Gasteiger partial charge in [0.1, 0.15) is 5.82 Å². The molecule has 1 rings (SSSR count). The summed E-state index contributed by atoms with van der Waals surface area (Å²) in [6.07, 6.45) is -4.93. The molecule has 1 aromatic rings. The van der Waals surface area contributed by atoms with E-state index in [1.165, 1.54) is 7.11 Å². The molecular weight excluding hydrogens is 235 g/mol. The molecule has 0 aliphatic heterocycles. The number of methoxy groups -OCH3 is 1. The van der Waals surface area contributed by atoms with Crippen LogP contribution in [0.25, 0.3) is 0 Å². The standard InChI is InChI=1S/C10H14F3N3O/c1-17-9-7(14)3-4-8(16-9)15-6-2-5-10(11,12)13/h3-4H,2,5-6,14H2,1H3,(H,15,16). The average molecular weight is 249 g/mol. The highest BCUT2D eigenvalue weighted by Gasteiger charge is 2.25. The van der Waals surface area contributed by atoms with Gasteiger partial charge in [-0.25, -0.2) is 0 Å². The van der Waals surface area contributed by atoms with Gasteiger partial charge in [-0.2, -0.15) is 18.2 Å². The Hall–Kier alpha value is -1.66. The first-order valence-electron chi connectivity index (χ1n) is 5.03. The maximum Gasteiger partial charge on any atom is 0.389 e. The molecule has 0 fully saturated rings. The summed E-state index contributed by atoms with van der Waals surface area (Å²) in [5.41, 5.74) is 5.93. The van der Waals surface area contributed by atoms with E-state index in [2.05, 4.69) is 10.3 Å². The molecule has 17 heavy (non-hydrogen) atoms. The zero-order valence-corrected chi connectivity index (χ0v) is 9.34. The average Bonchev–Trinajstić information content (AvgIpc) is 2.25. The molecule has 0 radical (unpaired) electrons. The Labute approximate surface area is 97.0 Å². The molecule has 0 aliphatic rings.